The smallest absolute Gasteiger partial charge is 0.264 e. The molecular formula is C26H27Cl2N3O4S. The Labute approximate surface area is 221 Å². The summed E-state index contributed by atoms with van der Waals surface area (Å²) in [6, 6.07) is 19.0. The normalized spacial score (nSPS) is 12.0. The van der Waals surface area contributed by atoms with Gasteiger partial charge in [0, 0.05) is 13.6 Å². The molecule has 190 valence electrons. The van der Waals surface area contributed by atoms with Gasteiger partial charge in [-0.25, -0.2) is 8.42 Å². The molecule has 7 nitrogen and oxygen atoms in total. The number of halogens is 2. The molecule has 1 atom stereocenters. The minimum atomic E-state index is -4.17. The number of anilines is 1. The molecule has 0 bridgehead atoms. The third kappa shape index (κ3) is 6.37. The van der Waals surface area contributed by atoms with Gasteiger partial charge in [0.15, 0.2) is 0 Å². The van der Waals surface area contributed by atoms with Crippen molar-refractivity contribution < 1.29 is 18.0 Å². The van der Waals surface area contributed by atoms with Crippen LogP contribution in [0, 0.1) is 6.92 Å². The zero-order valence-corrected chi connectivity index (χ0v) is 22.4. The molecule has 10 heteroatoms. The zero-order valence-electron chi connectivity index (χ0n) is 20.1. The van der Waals surface area contributed by atoms with Gasteiger partial charge in [0.05, 0.1) is 20.6 Å². The molecule has 0 aliphatic rings. The Morgan fingerprint density at radius 2 is 1.58 bits per heavy atom. The van der Waals surface area contributed by atoms with E-state index in [1.807, 2.05) is 37.3 Å². The van der Waals surface area contributed by atoms with Crippen LogP contribution >= 0.6 is 23.2 Å². The number of likely N-dealkylation sites (N-methyl/N-ethyl adjacent to an activating group) is 1. The number of carbonyl (C=O) groups is 2. The Morgan fingerprint density at radius 3 is 2.17 bits per heavy atom. The van der Waals surface area contributed by atoms with Crippen LogP contribution in [0.1, 0.15) is 18.1 Å². The summed E-state index contributed by atoms with van der Waals surface area (Å²) in [5.41, 5.74) is 1.86. The molecule has 0 saturated carbocycles. The molecule has 0 heterocycles. The molecule has 0 aliphatic heterocycles. The lowest BCUT2D eigenvalue weighted by Crippen LogP contribution is -2.50. The standard InChI is InChI=1S/C26H27Cl2N3O4S/c1-18-9-12-22(13-10-18)36(34,35)31(21-11-14-23(27)24(28)15-21)17-25(32)30(19(2)26(33)29-3)16-20-7-5-4-6-8-20/h4-15,19H,16-17H2,1-3H3,(H,29,33)/t19-/m1/s1. The lowest BCUT2D eigenvalue weighted by Gasteiger charge is -2.31. The quantitative estimate of drug-likeness (QED) is 0.422. The highest BCUT2D eigenvalue weighted by Crippen LogP contribution is 2.31. The van der Waals surface area contributed by atoms with E-state index in [0.717, 1.165) is 15.4 Å². The number of hydrogen-bond donors (Lipinski definition) is 1. The first-order valence-corrected chi connectivity index (χ1v) is 13.3. The van der Waals surface area contributed by atoms with E-state index < -0.39 is 28.5 Å². The number of rotatable bonds is 9. The zero-order chi connectivity index (χ0) is 26.5. The van der Waals surface area contributed by atoms with Crippen LogP contribution in [-0.2, 0) is 26.2 Å². The van der Waals surface area contributed by atoms with Crippen LogP contribution in [0.4, 0.5) is 5.69 Å². The van der Waals surface area contributed by atoms with E-state index in [-0.39, 0.29) is 33.1 Å². The van der Waals surface area contributed by atoms with Crippen LogP contribution in [0.5, 0.6) is 0 Å². The maximum atomic E-state index is 13.7. The minimum absolute atomic E-state index is 0.0148. The first-order chi connectivity index (χ1) is 17.0. The highest BCUT2D eigenvalue weighted by Gasteiger charge is 2.32. The van der Waals surface area contributed by atoms with Gasteiger partial charge >= 0.3 is 0 Å². The van der Waals surface area contributed by atoms with Gasteiger partial charge in [0.25, 0.3) is 10.0 Å². The van der Waals surface area contributed by atoms with Gasteiger partial charge in [-0.1, -0.05) is 71.2 Å². The molecule has 0 radical (unpaired) electrons. The van der Waals surface area contributed by atoms with Crippen LogP contribution in [0.25, 0.3) is 0 Å². The van der Waals surface area contributed by atoms with Crippen molar-refractivity contribution in [1.82, 2.24) is 10.2 Å². The highest BCUT2D eigenvalue weighted by molar-refractivity contribution is 7.92. The third-order valence-corrected chi connectivity index (χ3v) is 8.22. The van der Waals surface area contributed by atoms with E-state index in [0.29, 0.717) is 0 Å². The lowest BCUT2D eigenvalue weighted by molar-refractivity contribution is -0.139. The molecule has 0 spiro atoms. The Morgan fingerprint density at radius 1 is 0.944 bits per heavy atom. The SMILES string of the molecule is CNC(=O)[C@@H](C)N(Cc1ccccc1)C(=O)CN(c1ccc(Cl)c(Cl)c1)S(=O)(=O)c1ccc(C)cc1. The summed E-state index contributed by atoms with van der Waals surface area (Å²) in [5, 5.41) is 2.94. The summed E-state index contributed by atoms with van der Waals surface area (Å²) < 4.78 is 28.4. The van der Waals surface area contributed by atoms with Crippen molar-refractivity contribution in [2.45, 2.75) is 31.3 Å². The van der Waals surface area contributed by atoms with E-state index in [1.165, 1.54) is 42.3 Å². The molecule has 2 amide bonds. The summed E-state index contributed by atoms with van der Waals surface area (Å²) in [7, 11) is -2.69. The highest BCUT2D eigenvalue weighted by atomic mass is 35.5. The van der Waals surface area contributed by atoms with Crippen LogP contribution in [-0.4, -0.2) is 44.8 Å². The second-order valence-corrected chi connectivity index (χ2v) is 10.9. The molecule has 36 heavy (non-hydrogen) atoms. The summed E-state index contributed by atoms with van der Waals surface area (Å²) in [6.45, 7) is 3.01. The van der Waals surface area contributed by atoms with Crippen LogP contribution in [0.3, 0.4) is 0 Å². The Hall–Kier alpha value is -3.07. The largest absolute Gasteiger partial charge is 0.357 e. The monoisotopic (exact) mass is 547 g/mol. The van der Waals surface area contributed by atoms with Crippen molar-refractivity contribution in [3.8, 4) is 0 Å². The number of sulfonamides is 1. The van der Waals surface area contributed by atoms with Crippen molar-refractivity contribution >= 4 is 50.7 Å². The fourth-order valence-corrected chi connectivity index (χ4v) is 5.28. The van der Waals surface area contributed by atoms with Gasteiger partial charge in [-0.3, -0.25) is 13.9 Å². The number of aryl methyl sites for hydroxylation is 1. The van der Waals surface area contributed by atoms with Crippen molar-refractivity contribution in [1.29, 1.82) is 0 Å². The van der Waals surface area contributed by atoms with E-state index >= 15 is 0 Å². The van der Waals surface area contributed by atoms with E-state index in [9.17, 15) is 18.0 Å². The predicted molar refractivity (Wildman–Crippen MR) is 143 cm³/mol. The molecule has 0 unspecified atom stereocenters. The molecule has 0 saturated heterocycles. The lowest BCUT2D eigenvalue weighted by atomic mass is 10.1. The number of amides is 2. The number of benzene rings is 3. The van der Waals surface area contributed by atoms with Gasteiger partial charge in [0.1, 0.15) is 12.6 Å². The second kappa shape index (κ2) is 11.8. The molecule has 3 aromatic carbocycles. The van der Waals surface area contributed by atoms with E-state index in [2.05, 4.69) is 5.32 Å². The van der Waals surface area contributed by atoms with E-state index in [4.69, 9.17) is 23.2 Å². The maximum Gasteiger partial charge on any atom is 0.264 e. The van der Waals surface area contributed by atoms with Crippen LogP contribution < -0.4 is 9.62 Å². The molecule has 0 aromatic heterocycles. The number of nitrogens with one attached hydrogen (secondary N) is 1. The van der Waals surface area contributed by atoms with Crippen LogP contribution in [0.15, 0.2) is 77.7 Å². The first kappa shape index (κ1) is 27.5. The molecule has 0 fully saturated rings. The fraction of sp³-hybridized carbons (Fsp3) is 0.231. The minimum Gasteiger partial charge on any atom is -0.357 e. The molecule has 1 N–H and O–H groups in total. The molecule has 3 aromatic rings. The van der Waals surface area contributed by atoms with Gasteiger partial charge in [0.2, 0.25) is 11.8 Å². The Bertz CT molecular complexity index is 1330. The van der Waals surface area contributed by atoms with Gasteiger partial charge in [-0.15, -0.1) is 0 Å². The van der Waals surface area contributed by atoms with Gasteiger partial charge < -0.3 is 10.2 Å². The average Bonchev–Trinajstić information content (AvgIpc) is 2.87. The topological polar surface area (TPSA) is 86.8 Å². The maximum absolute atomic E-state index is 13.7. The Kier molecular flexibility index (Phi) is 9.00. The van der Waals surface area contributed by atoms with Crippen molar-refractivity contribution in [2.24, 2.45) is 0 Å². The van der Waals surface area contributed by atoms with Crippen molar-refractivity contribution in [2.75, 3.05) is 17.9 Å². The number of nitrogens with zero attached hydrogens (tertiary/aromatic N) is 2. The van der Waals surface area contributed by atoms with Crippen LogP contribution in [0.2, 0.25) is 10.0 Å². The Balaban J connectivity index is 2.05. The molecule has 0 aliphatic carbocycles. The first-order valence-electron chi connectivity index (χ1n) is 11.1. The van der Waals surface area contributed by atoms with Gasteiger partial charge in [-0.05, 0) is 49.7 Å². The summed E-state index contributed by atoms with van der Waals surface area (Å²) >= 11 is 12.2. The molecule has 3 rings (SSSR count). The number of hydrogen-bond acceptors (Lipinski definition) is 4. The van der Waals surface area contributed by atoms with Gasteiger partial charge in [-0.2, -0.15) is 0 Å². The number of carbonyl (C=O) groups excluding carboxylic acids is 2. The summed E-state index contributed by atoms with van der Waals surface area (Å²) in [6.07, 6.45) is 0. The van der Waals surface area contributed by atoms with Crippen molar-refractivity contribution in [3.63, 3.8) is 0 Å². The average molecular weight is 548 g/mol. The van der Waals surface area contributed by atoms with Crippen molar-refractivity contribution in [3.05, 3.63) is 94.0 Å². The predicted octanol–water partition coefficient (Wildman–Crippen LogP) is 4.66. The fourth-order valence-electron chi connectivity index (χ4n) is 3.58. The third-order valence-electron chi connectivity index (χ3n) is 5.69. The summed E-state index contributed by atoms with van der Waals surface area (Å²) in [5.74, 6) is -0.932. The molecular weight excluding hydrogens is 521 g/mol. The summed E-state index contributed by atoms with van der Waals surface area (Å²) in [4.78, 5) is 27.5. The second-order valence-electron chi connectivity index (χ2n) is 8.22. The van der Waals surface area contributed by atoms with E-state index in [1.54, 1.807) is 19.1 Å².